The summed E-state index contributed by atoms with van der Waals surface area (Å²) in [6.45, 7) is 2.35. The van der Waals surface area contributed by atoms with Gasteiger partial charge in [-0.1, -0.05) is 6.92 Å². The second kappa shape index (κ2) is 4.82. The van der Waals surface area contributed by atoms with Crippen LogP contribution in [0.3, 0.4) is 0 Å². The average Bonchev–Trinajstić information content (AvgIpc) is 2.79. The van der Waals surface area contributed by atoms with Crippen LogP contribution < -0.4 is 5.32 Å². The van der Waals surface area contributed by atoms with E-state index in [1.807, 2.05) is 6.92 Å². The molecule has 0 aliphatic heterocycles. The van der Waals surface area contributed by atoms with Crippen LogP contribution in [-0.2, 0) is 4.74 Å². The molecule has 0 radical (unpaired) electrons. The quantitative estimate of drug-likeness (QED) is 0.877. The molecule has 0 aliphatic carbocycles. The number of rotatable bonds is 3. The van der Waals surface area contributed by atoms with Crippen molar-refractivity contribution in [3.8, 4) is 0 Å². The molecule has 1 N–H and O–H groups in total. The number of ether oxygens (including phenoxy) is 1. The van der Waals surface area contributed by atoms with Crippen LogP contribution in [0.5, 0.6) is 0 Å². The van der Waals surface area contributed by atoms with Crippen molar-refractivity contribution in [3.05, 3.63) is 18.6 Å². The summed E-state index contributed by atoms with van der Waals surface area (Å²) in [5.41, 5.74) is 0.547. The number of nitrogens with zero attached hydrogens (tertiary/aromatic N) is 3. The Bertz CT molecular complexity index is 535. The molecule has 0 fully saturated rings. The maximum atomic E-state index is 11.7. The molecular weight excluding hydrogens is 220 g/mol. The highest BCUT2D eigenvalue weighted by Crippen LogP contribution is 2.19. The molecule has 0 atom stereocenters. The normalized spacial score (nSPS) is 10.5. The molecule has 0 spiro atoms. The van der Waals surface area contributed by atoms with Crippen LogP contribution in [0.15, 0.2) is 18.6 Å². The number of hydrogen-bond acceptors (Lipinski definition) is 5. The van der Waals surface area contributed by atoms with E-state index in [-0.39, 0.29) is 0 Å². The van der Waals surface area contributed by atoms with Gasteiger partial charge in [-0.15, -0.1) is 0 Å². The molecule has 0 aliphatic rings. The van der Waals surface area contributed by atoms with Crippen molar-refractivity contribution >= 4 is 22.9 Å². The Hall–Kier alpha value is -2.11. The molecule has 6 nitrogen and oxygen atoms in total. The molecular formula is C11H14N4O2. The van der Waals surface area contributed by atoms with Gasteiger partial charge in [-0.3, -0.25) is 0 Å². The van der Waals surface area contributed by atoms with E-state index in [0.29, 0.717) is 18.1 Å². The zero-order valence-corrected chi connectivity index (χ0v) is 9.80. The first-order valence-corrected chi connectivity index (χ1v) is 5.45. The summed E-state index contributed by atoms with van der Waals surface area (Å²) < 4.78 is 6.44. The first kappa shape index (κ1) is 11.4. The summed E-state index contributed by atoms with van der Waals surface area (Å²) >= 11 is 0. The highest BCUT2D eigenvalue weighted by atomic mass is 16.5. The van der Waals surface area contributed by atoms with Gasteiger partial charge in [0.15, 0.2) is 5.65 Å². The standard InChI is InChI=1S/C11H14N4O2/c1-3-6-17-11(16)15-5-4-8-9(12-2)13-7-14-10(8)15/h4-5,7H,3,6H2,1-2H3,(H,12,13,14). The Balaban J connectivity index is 2.39. The molecule has 0 saturated carbocycles. The average molecular weight is 234 g/mol. The van der Waals surface area contributed by atoms with Crippen molar-refractivity contribution in [3.63, 3.8) is 0 Å². The third-order valence-electron chi connectivity index (χ3n) is 2.34. The van der Waals surface area contributed by atoms with Crippen molar-refractivity contribution in [2.24, 2.45) is 0 Å². The molecule has 0 bridgehead atoms. The van der Waals surface area contributed by atoms with Crippen LogP contribution in [0.4, 0.5) is 10.6 Å². The lowest BCUT2D eigenvalue weighted by Crippen LogP contribution is -2.13. The van der Waals surface area contributed by atoms with E-state index >= 15 is 0 Å². The Kier molecular flexibility index (Phi) is 3.22. The molecule has 90 valence electrons. The minimum Gasteiger partial charge on any atom is -0.449 e. The molecule has 0 aromatic carbocycles. The van der Waals surface area contributed by atoms with Crippen LogP contribution in [0, 0.1) is 0 Å². The van der Waals surface area contributed by atoms with Crippen LogP contribution in [0.2, 0.25) is 0 Å². The maximum Gasteiger partial charge on any atom is 0.419 e. The zero-order chi connectivity index (χ0) is 12.3. The van der Waals surface area contributed by atoms with E-state index in [1.54, 1.807) is 19.3 Å². The second-order valence-corrected chi connectivity index (χ2v) is 3.51. The van der Waals surface area contributed by atoms with Crippen LogP contribution in [0.1, 0.15) is 13.3 Å². The number of nitrogens with one attached hydrogen (secondary N) is 1. The molecule has 2 rings (SSSR count). The molecule has 17 heavy (non-hydrogen) atoms. The van der Waals surface area contributed by atoms with Gasteiger partial charge in [0.25, 0.3) is 0 Å². The summed E-state index contributed by atoms with van der Waals surface area (Å²) in [5, 5.41) is 3.74. The van der Waals surface area contributed by atoms with E-state index < -0.39 is 6.09 Å². The Morgan fingerprint density at radius 2 is 2.35 bits per heavy atom. The van der Waals surface area contributed by atoms with E-state index in [2.05, 4.69) is 15.3 Å². The number of aromatic nitrogens is 3. The highest BCUT2D eigenvalue weighted by molar-refractivity contribution is 5.92. The first-order valence-electron chi connectivity index (χ1n) is 5.45. The van der Waals surface area contributed by atoms with Gasteiger partial charge in [0, 0.05) is 13.2 Å². The van der Waals surface area contributed by atoms with Crippen LogP contribution in [-0.4, -0.2) is 34.3 Å². The predicted molar refractivity (Wildman–Crippen MR) is 64.1 cm³/mol. The van der Waals surface area contributed by atoms with Crippen LogP contribution >= 0.6 is 0 Å². The van der Waals surface area contributed by atoms with Gasteiger partial charge in [0.1, 0.15) is 12.1 Å². The topological polar surface area (TPSA) is 69.0 Å². The van der Waals surface area contributed by atoms with Gasteiger partial charge in [-0.05, 0) is 12.5 Å². The van der Waals surface area contributed by atoms with Crippen molar-refractivity contribution < 1.29 is 9.53 Å². The molecule has 2 heterocycles. The lowest BCUT2D eigenvalue weighted by atomic mass is 10.4. The summed E-state index contributed by atoms with van der Waals surface area (Å²) in [7, 11) is 1.77. The molecule has 0 amide bonds. The van der Waals surface area contributed by atoms with E-state index in [4.69, 9.17) is 4.74 Å². The fourth-order valence-corrected chi connectivity index (χ4v) is 1.56. The summed E-state index contributed by atoms with van der Waals surface area (Å²) in [6, 6.07) is 1.79. The van der Waals surface area contributed by atoms with Gasteiger partial charge in [0.05, 0.1) is 12.0 Å². The van der Waals surface area contributed by atoms with Gasteiger partial charge >= 0.3 is 6.09 Å². The van der Waals surface area contributed by atoms with Crippen LogP contribution in [0.25, 0.3) is 11.0 Å². The summed E-state index contributed by atoms with van der Waals surface area (Å²) in [5.74, 6) is 0.692. The lowest BCUT2D eigenvalue weighted by Gasteiger charge is -2.05. The van der Waals surface area contributed by atoms with Gasteiger partial charge in [0.2, 0.25) is 0 Å². The highest BCUT2D eigenvalue weighted by Gasteiger charge is 2.13. The van der Waals surface area contributed by atoms with Crippen molar-refractivity contribution in [2.75, 3.05) is 19.0 Å². The molecule has 2 aromatic rings. The van der Waals surface area contributed by atoms with Gasteiger partial charge in [-0.25, -0.2) is 19.3 Å². The number of carbonyl (C=O) groups excluding carboxylic acids is 1. The van der Waals surface area contributed by atoms with E-state index in [1.165, 1.54) is 10.9 Å². The Morgan fingerprint density at radius 3 is 3.06 bits per heavy atom. The largest absolute Gasteiger partial charge is 0.449 e. The Morgan fingerprint density at radius 1 is 1.53 bits per heavy atom. The molecule has 6 heteroatoms. The van der Waals surface area contributed by atoms with Crippen molar-refractivity contribution in [2.45, 2.75) is 13.3 Å². The number of hydrogen-bond donors (Lipinski definition) is 1. The summed E-state index contributed by atoms with van der Waals surface area (Å²) in [4.78, 5) is 19.9. The smallest absolute Gasteiger partial charge is 0.419 e. The SMILES string of the molecule is CCCOC(=O)n1ccc2c(NC)ncnc21. The minimum atomic E-state index is -0.414. The monoisotopic (exact) mass is 234 g/mol. The number of carbonyl (C=O) groups is 1. The number of anilines is 1. The zero-order valence-electron chi connectivity index (χ0n) is 9.80. The summed E-state index contributed by atoms with van der Waals surface area (Å²) in [6.07, 6.45) is 3.43. The fourth-order valence-electron chi connectivity index (χ4n) is 1.56. The third-order valence-corrected chi connectivity index (χ3v) is 2.34. The minimum absolute atomic E-state index is 0.405. The van der Waals surface area contributed by atoms with E-state index in [9.17, 15) is 4.79 Å². The van der Waals surface area contributed by atoms with E-state index in [0.717, 1.165) is 11.8 Å². The number of fused-ring (bicyclic) bond motifs is 1. The predicted octanol–water partition coefficient (Wildman–Crippen LogP) is 1.87. The molecule has 2 aromatic heterocycles. The fraction of sp³-hybridized carbons (Fsp3) is 0.364. The molecule has 0 saturated heterocycles. The van der Waals surface area contributed by atoms with Gasteiger partial charge in [-0.2, -0.15) is 0 Å². The first-order chi connectivity index (χ1) is 8.27. The third kappa shape index (κ3) is 2.06. The van der Waals surface area contributed by atoms with Crippen molar-refractivity contribution in [1.29, 1.82) is 0 Å². The maximum absolute atomic E-state index is 11.7. The molecule has 0 unspecified atom stereocenters. The van der Waals surface area contributed by atoms with Crippen molar-refractivity contribution in [1.82, 2.24) is 14.5 Å². The lowest BCUT2D eigenvalue weighted by molar-refractivity contribution is 0.149. The van der Waals surface area contributed by atoms with Gasteiger partial charge < -0.3 is 10.1 Å². The second-order valence-electron chi connectivity index (χ2n) is 3.51. The Labute approximate surface area is 98.6 Å².